The number of rotatable bonds is 5. The number of amides is 1. The van der Waals surface area contributed by atoms with Gasteiger partial charge < -0.3 is 9.64 Å². The lowest BCUT2D eigenvalue weighted by Gasteiger charge is -2.40. The van der Waals surface area contributed by atoms with E-state index in [2.05, 4.69) is 0 Å². The summed E-state index contributed by atoms with van der Waals surface area (Å²) >= 11 is 0. The number of non-ortho nitro benzene ring substituents is 1. The number of nitro benzene ring substituents is 1. The summed E-state index contributed by atoms with van der Waals surface area (Å²) in [4.78, 5) is 36.5. The number of likely N-dealkylation sites (tertiary alicyclic amines) is 1. The number of nitrogens with zero attached hydrogens (tertiary/aromatic N) is 2. The molecule has 140 valence electrons. The molecule has 1 aromatic carbocycles. The van der Waals surface area contributed by atoms with E-state index in [0.717, 1.165) is 19.3 Å². The molecule has 0 radical (unpaired) electrons. The quantitative estimate of drug-likeness (QED) is 0.348. The topological polar surface area (TPSA) is 89.8 Å². The molecule has 2 rings (SSSR count). The number of piperidine rings is 1. The van der Waals surface area contributed by atoms with Crippen LogP contribution in [0.3, 0.4) is 0 Å². The SMILES string of the molecule is C[C@@H]1CCC[C@@H](C)N1C(=O)[C@@H](C)OC(=O)/C=C/c1ccc([N+](=O)[O-])cc1. The maximum Gasteiger partial charge on any atom is 0.331 e. The molecular formula is C19H24N2O5. The Labute approximate surface area is 152 Å². The summed E-state index contributed by atoms with van der Waals surface area (Å²) in [5.74, 6) is -0.802. The summed E-state index contributed by atoms with van der Waals surface area (Å²) < 4.78 is 5.22. The van der Waals surface area contributed by atoms with Crippen LogP contribution in [0.4, 0.5) is 5.69 Å². The maximum atomic E-state index is 12.6. The van der Waals surface area contributed by atoms with Crippen molar-refractivity contribution in [1.82, 2.24) is 4.90 Å². The molecule has 7 heteroatoms. The van der Waals surface area contributed by atoms with Gasteiger partial charge in [0.25, 0.3) is 11.6 Å². The molecule has 1 aromatic rings. The van der Waals surface area contributed by atoms with Crippen LogP contribution in [-0.2, 0) is 14.3 Å². The molecule has 26 heavy (non-hydrogen) atoms. The normalized spacial score (nSPS) is 21.4. The molecule has 1 fully saturated rings. The fourth-order valence-electron chi connectivity index (χ4n) is 3.20. The van der Waals surface area contributed by atoms with Crippen molar-refractivity contribution in [1.29, 1.82) is 0 Å². The summed E-state index contributed by atoms with van der Waals surface area (Å²) in [7, 11) is 0. The minimum Gasteiger partial charge on any atom is -0.449 e. The van der Waals surface area contributed by atoms with Gasteiger partial charge in [-0.15, -0.1) is 0 Å². The molecule has 0 saturated carbocycles. The summed E-state index contributed by atoms with van der Waals surface area (Å²) in [6.45, 7) is 5.60. The third-order valence-electron chi connectivity index (χ3n) is 4.60. The van der Waals surface area contributed by atoms with Crippen molar-refractivity contribution in [3.05, 3.63) is 46.0 Å². The van der Waals surface area contributed by atoms with Gasteiger partial charge in [0.05, 0.1) is 4.92 Å². The zero-order valence-corrected chi connectivity index (χ0v) is 15.3. The molecule has 1 heterocycles. The summed E-state index contributed by atoms with van der Waals surface area (Å²) in [6, 6.07) is 6.07. The van der Waals surface area contributed by atoms with Crippen LogP contribution < -0.4 is 0 Å². The number of hydrogen-bond donors (Lipinski definition) is 0. The van der Waals surface area contributed by atoms with Gasteiger partial charge in [-0.1, -0.05) is 0 Å². The molecule has 0 unspecified atom stereocenters. The second-order valence-corrected chi connectivity index (χ2v) is 6.64. The number of benzene rings is 1. The number of esters is 1. The smallest absolute Gasteiger partial charge is 0.331 e. The van der Waals surface area contributed by atoms with E-state index in [0.29, 0.717) is 5.56 Å². The number of carbonyl (C=O) groups excluding carboxylic acids is 2. The van der Waals surface area contributed by atoms with E-state index in [1.54, 1.807) is 6.92 Å². The van der Waals surface area contributed by atoms with E-state index in [4.69, 9.17) is 4.74 Å². The van der Waals surface area contributed by atoms with Gasteiger partial charge in [-0.05, 0) is 63.8 Å². The minimum absolute atomic E-state index is 0.0197. The fourth-order valence-corrected chi connectivity index (χ4v) is 3.20. The van der Waals surface area contributed by atoms with E-state index in [1.807, 2.05) is 18.7 Å². The van der Waals surface area contributed by atoms with Crippen molar-refractivity contribution in [2.24, 2.45) is 0 Å². The number of hydrogen-bond acceptors (Lipinski definition) is 5. The third-order valence-corrected chi connectivity index (χ3v) is 4.60. The molecule has 0 bridgehead atoms. The fraction of sp³-hybridized carbons (Fsp3) is 0.474. The Morgan fingerprint density at radius 3 is 2.35 bits per heavy atom. The highest BCUT2D eigenvalue weighted by Crippen LogP contribution is 2.23. The first kappa shape index (κ1) is 19.6. The number of carbonyl (C=O) groups is 2. The van der Waals surface area contributed by atoms with E-state index in [1.165, 1.54) is 36.4 Å². The molecule has 0 aliphatic carbocycles. The highest BCUT2D eigenvalue weighted by Gasteiger charge is 2.32. The van der Waals surface area contributed by atoms with Crippen LogP contribution in [0.15, 0.2) is 30.3 Å². The summed E-state index contributed by atoms with van der Waals surface area (Å²) in [6.07, 6.45) is 4.86. The van der Waals surface area contributed by atoms with Gasteiger partial charge in [0.1, 0.15) is 0 Å². The van der Waals surface area contributed by atoms with Crippen LogP contribution in [0.5, 0.6) is 0 Å². The zero-order valence-electron chi connectivity index (χ0n) is 15.3. The van der Waals surface area contributed by atoms with Gasteiger partial charge in [-0.25, -0.2) is 4.79 Å². The Bertz CT molecular complexity index is 688. The van der Waals surface area contributed by atoms with Crippen molar-refractivity contribution < 1.29 is 19.2 Å². The van der Waals surface area contributed by atoms with E-state index < -0.39 is 17.0 Å². The molecule has 3 atom stereocenters. The average Bonchev–Trinajstić information content (AvgIpc) is 2.60. The van der Waals surface area contributed by atoms with Gasteiger partial charge in [0, 0.05) is 30.3 Å². The first-order valence-electron chi connectivity index (χ1n) is 8.75. The van der Waals surface area contributed by atoms with Gasteiger partial charge in [0.2, 0.25) is 0 Å². The molecule has 1 saturated heterocycles. The van der Waals surface area contributed by atoms with E-state index in [9.17, 15) is 19.7 Å². The van der Waals surface area contributed by atoms with Crippen molar-refractivity contribution in [3.63, 3.8) is 0 Å². The first-order valence-corrected chi connectivity index (χ1v) is 8.75. The molecular weight excluding hydrogens is 336 g/mol. The Kier molecular flexibility index (Phi) is 6.49. The molecule has 1 aliphatic heterocycles. The third kappa shape index (κ3) is 4.91. The van der Waals surface area contributed by atoms with Crippen LogP contribution in [0.1, 0.15) is 45.6 Å². The Morgan fingerprint density at radius 2 is 1.81 bits per heavy atom. The largest absolute Gasteiger partial charge is 0.449 e. The second kappa shape index (κ2) is 8.60. The summed E-state index contributed by atoms with van der Waals surface area (Å²) in [5.41, 5.74) is 0.610. The van der Waals surface area contributed by atoms with Crippen LogP contribution >= 0.6 is 0 Å². The zero-order chi connectivity index (χ0) is 19.3. The predicted molar refractivity (Wildman–Crippen MR) is 97.3 cm³/mol. The van der Waals surface area contributed by atoms with Crippen LogP contribution in [0.25, 0.3) is 6.08 Å². The van der Waals surface area contributed by atoms with Crippen molar-refractivity contribution >= 4 is 23.6 Å². The molecule has 1 amide bonds. The van der Waals surface area contributed by atoms with Gasteiger partial charge >= 0.3 is 5.97 Å². The monoisotopic (exact) mass is 360 g/mol. The second-order valence-electron chi connectivity index (χ2n) is 6.64. The first-order chi connectivity index (χ1) is 12.3. The highest BCUT2D eigenvalue weighted by molar-refractivity contribution is 5.90. The Morgan fingerprint density at radius 1 is 1.23 bits per heavy atom. The number of nitro groups is 1. The van der Waals surface area contributed by atoms with Gasteiger partial charge in [-0.2, -0.15) is 0 Å². The summed E-state index contributed by atoms with van der Waals surface area (Å²) in [5, 5.41) is 10.6. The van der Waals surface area contributed by atoms with Crippen LogP contribution in [0, 0.1) is 10.1 Å². The lowest BCUT2D eigenvalue weighted by atomic mass is 9.97. The lowest BCUT2D eigenvalue weighted by molar-refractivity contribution is -0.384. The molecule has 1 aliphatic rings. The standard InChI is InChI=1S/C19H24N2O5/c1-13-5-4-6-14(2)20(13)19(23)15(3)26-18(22)12-9-16-7-10-17(11-8-16)21(24)25/h7-15H,4-6H2,1-3H3/b12-9+/t13-,14-,15-/m1/s1. The van der Waals surface area contributed by atoms with Crippen molar-refractivity contribution in [2.45, 2.75) is 58.2 Å². The lowest BCUT2D eigenvalue weighted by Crippen LogP contribution is -2.51. The molecule has 7 nitrogen and oxygen atoms in total. The number of ether oxygens (including phenoxy) is 1. The van der Waals surface area contributed by atoms with Crippen molar-refractivity contribution in [2.75, 3.05) is 0 Å². The average molecular weight is 360 g/mol. The van der Waals surface area contributed by atoms with Gasteiger partial charge in [0.15, 0.2) is 6.10 Å². The van der Waals surface area contributed by atoms with E-state index >= 15 is 0 Å². The Hall–Kier alpha value is -2.70. The Balaban J connectivity index is 1.93. The maximum absolute atomic E-state index is 12.6. The molecule has 0 N–H and O–H groups in total. The van der Waals surface area contributed by atoms with Gasteiger partial charge in [-0.3, -0.25) is 14.9 Å². The molecule has 0 aromatic heterocycles. The molecule has 0 spiro atoms. The predicted octanol–water partition coefficient (Wildman–Crippen LogP) is 3.33. The minimum atomic E-state index is -0.855. The highest BCUT2D eigenvalue weighted by atomic mass is 16.6. The van der Waals surface area contributed by atoms with Crippen LogP contribution in [0.2, 0.25) is 0 Å². The van der Waals surface area contributed by atoms with E-state index in [-0.39, 0.29) is 23.7 Å². The van der Waals surface area contributed by atoms with Crippen LogP contribution in [-0.4, -0.2) is 39.9 Å². The van der Waals surface area contributed by atoms with Crippen molar-refractivity contribution in [3.8, 4) is 0 Å².